The van der Waals surface area contributed by atoms with E-state index in [1.807, 2.05) is 11.8 Å². The highest BCUT2D eigenvalue weighted by atomic mass is 32.2. The third kappa shape index (κ3) is 5.53. The van der Waals surface area contributed by atoms with Gasteiger partial charge in [0.1, 0.15) is 0 Å². The Labute approximate surface area is 73.1 Å². The van der Waals surface area contributed by atoms with Gasteiger partial charge in [-0.25, -0.2) is 0 Å². The maximum absolute atomic E-state index is 4.94. The molecule has 2 fully saturated rings. The van der Waals surface area contributed by atoms with E-state index in [1.165, 1.54) is 37.4 Å². The molecule has 0 aromatic heterocycles. The van der Waals surface area contributed by atoms with Gasteiger partial charge < -0.3 is 10.1 Å². The predicted molar refractivity (Wildman–Crippen MR) is 50.2 cm³/mol. The van der Waals surface area contributed by atoms with Gasteiger partial charge in [-0.3, -0.25) is 0 Å². The van der Waals surface area contributed by atoms with Gasteiger partial charge in [-0.2, -0.15) is 11.8 Å². The summed E-state index contributed by atoms with van der Waals surface area (Å²) >= 11 is 2.03. The molecule has 2 heterocycles. The van der Waals surface area contributed by atoms with Crippen molar-refractivity contribution in [2.75, 3.05) is 37.8 Å². The second kappa shape index (κ2) is 6.95. The molecule has 2 saturated heterocycles. The predicted octanol–water partition coefficient (Wildman–Crippen LogP) is 1.12. The molecule has 0 amide bonds. The van der Waals surface area contributed by atoms with Crippen LogP contribution in [-0.2, 0) is 4.74 Å². The molecule has 1 N–H and O–H groups in total. The number of hydrogen-bond donors (Lipinski definition) is 1. The molecule has 2 aliphatic heterocycles. The Balaban J connectivity index is 0.000000112. The lowest BCUT2D eigenvalue weighted by Gasteiger charge is -2.08. The third-order valence-corrected chi connectivity index (χ3v) is 2.66. The molecule has 0 atom stereocenters. The topological polar surface area (TPSA) is 21.3 Å². The molecular weight excluding hydrogens is 158 g/mol. The summed E-state index contributed by atoms with van der Waals surface area (Å²) in [4.78, 5) is 0. The zero-order valence-corrected chi connectivity index (χ0v) is 7.79. The van der Waals surface area contributed by atoms with E-state index in [-0.39, 0.29) is 0 Å². The first-order valence-electron chi connectivity index (χ1n) is 4.36. The molecule has 0 unspecified atom stereocenters. The summed E-state index contributed by atoms with van der Waals surface area (Å²) in [5, 5.41) is 3.26. The first kappa shape index (κ1) is 9.36. The lowest BCUT2D eigenvalue weighted by Crippen LogP contribution is -2.24. The van der Waals surface area contributed by atoms with Crippen LogP contribution in [0.3, 0.4) is 0 Å². The Morgan fingerprint density at radius 3 is 1.82 bits per heavy atom. The van der Waals surface area contributed by atoms with E-state index in [0.717, 1.165) is 13.2 Å². The van der Waals surface area contributed by atoms with E-state index in [1.54, 1.807) is 0 Å². The number of hydrogen-bond acceptors (Lipinski definition) is 3. The van der Waals surface area contributed by atoms with Gasteiger partial charge in [0, 0.05) is 37.8 Å². The molecule has 0 aromatic rings. The summed E-state index contributed by atoms with van der Waals surface area (Å²) in [6.07, 6.45) is 2.56. The van der Waals surface area contributed by atoms with Gasteiger partial charge in [0.15, 0.2) is 0 Å². The van der Waals surface area contributed by atoms with Gasteiger partial charge >= 0.3 is 0 Å². The van der Waals surface area contributed by atoms with Crippen LogP contribution in [0.25, 0.3) is 0 Å². The van der Waals surface area contributed by atoms with Crippen LogP contribution in [0.5, 0.6) is 0 Å². The summed E-state index contributed by atoms with van der Waals surface area (Å²) in [6.45, 7) is 4.43. The minimum absolute atomic E-state index is 1.00. The Bertz CT molecular complexity index is 63.0. The largest absolute Gasteiger partial charge is 0.381 e. The van der Waals surface area contributed by atoms with Crippen LogP contribution in [0, 0.1) is 0 Å². The first-order chi connectivity index (χ1) is 5.50. The van der Waals surface area contributed by atoms with Gasteiger partial charge in [-0.15, -0.1) is 0 Å². The van der Waals surface area contributed by atoms with Crippen LogP contribution >= 0.6 is 11.8 Å². The second-order valence-electron chi connectivity index (χ2n) is 2.68. The zero-order chi connectivity index (χ0) is 7.78. The molecule has 2 rings (SSSR count). The molecule has 0 aromatic carbocycles. The summed E-state index contributed by atoms with van der Waals surface area (Å²) in [6, 6.07) is 0. The molecule has 0 aliphatic carbocycles. The molecule has 11 heavy (non-hydrogen) atoms. The maximum Gasteiger partial charge on any atom is 0.0466 e. The van der Waals surface area contributed by atoms with Crippen molar-refractivity contribution in [1.82, 2.24) is 5.32 Å². The fourth-order valence-electron chi connectivity index (χ4n) is 1.03. The zero-order valence-electron chi connectivity index (χ0n) is 6.97. The van der Waals surface area contributed by atoms with Crippen LogP contribution in [0.1, 0.15) is 12.8 Å². The highest BCUT2D eigenvalue weighted by molar-refractivity contribution is 7.99. The monoisotopic (exact) mass is 175 g/mol. The van der Waals surface area contributed by atoms with E-state index in [0.29, 0.717) is 0 Å². The fraction of sp³-hybridized carbons (Fsp3) is 1.00. The van der Waals surface area contributed by atoms with Gasteiger partial charge in [0.2, 0.25) is 0 Å². The van der Waals surface area contributed by atoms with E-state index in [4.69, 9.17) is 4.74 Å². The Morgan fingerprint density at radius 2 is 1.64 bits per heavy atom. The van der Waals surface area contributed by atoms with Crippen molar-refractivity contribution in [2.24, 2.45) is 0 Å². The van der Waals surface area contributed by atoms with Gasteiger partial charge in [0.25, 0.3) is 0 Å². The van der Waals surface area contributed by atoms with Gasteiger partial charge in [-0.1, -0.05) is 0 Å². The van der Waals surface area contributed by atoms with Crippen LogP contribution in [0.4, 0.5) is 0 Å². The number of ether oxygens (including phenoxy) is 1. The molecule has 66 valence electrons. The highest BCUT2D eigenvalue weighted by Crippen LogP contribution is 1.99. The SMILES string of the molecule is C1CCOC1.C1CSCCN1. The van der Waals surface area contributed by atoms with Crippen molar-refractivity contribution < 1.29 is 4.74 Å². The van der Waals surface area contributed by atoms with Crippen molar-refractivity contribution in [3.63, 3.8) is 0 Å². The minimum Gasteiger partial charge on any atom is -0.381 e. The van der Waals surface area contributed by atoms with Crippen molar-refractivity contribution in [3.8, 4) is 0 Å². The smallest absolute Gasteiger partial charge is 0.0466 e. The first-order valence-corrected chi connectivity index (χ1v) is 5.52. The second-order valence-corrected chi connectivity index (χ2v) is 3.91. The standard InChI is InChI=1S/C4H9NS.C4H8O/c1-3-6-4-2-5-1;1-2-4-5-3-1/h5H,1-4H2;1-4H2. The summed E-state index contributed by atoms with van der Waals surface area (Å²) in [5.41, 5.74) is 0. The molecule has 2 nitrogen and oxygen atoms in total. The van der Waals surface area contributed by atoms with Crippen LogP contribution in [0.15, 0.2) is 0 Å². The van der Waals surface area contributed by atoms with Crippen LogP contribution in [0.2, 0.25) is 0 Å². The van der Waals surface area contributed by atoms with Crippen LogP contribution < -0.4 is 5.32 Å². The highest BCUT2D eigenvalue weighted by Gasteiger charge is 1.95. The Hall–Kier alpha value is 0.270. The molecule has 3 heteroatoms. The van der Waals surface area contributed by atoms with Crippen molar-refractivity contribution in [1.29, 1.82) is 0 Å². The fourth-order valence-corrected chi connectivity index (χ4v) is 1.81. The molecule has 0 saturated carbocycles. The maximum atomic E-state index is 4.94. The molecule has 0 spiro atoms. The average molecular weight is 175 g/mol. The van der Waals surface area contributed by atoms with Crippen molar-refractivity contribution in [3.05, 3.63) is 0 Å². The van der Waals surface area contributed by atoms with Gasteiger partial charge in [0.05, 0.1) is 0 Å². The Kier molecular flexibility index (Phi) is 5.91. The van der Waals surface area contributed by atoms with Crippen LogP contribution in [-0.4, -0.2) is 37.8 Å². The Morgan fingerprint density at radius 1 is 1.00 bits per heavy atom. The number of rotatable bonds is 0. The minimum atomic E-state index is 1.00. The average Bonchev–Trinajstić information content (AvgIpc) is 2.64. The molecular formula is C8H17NOS. The lowest BCUT2D eigenvalue weighted by molar-refractivity contribution is 0.198. The van der Waals surface area contributed by atoms with Gasteiger partial charge in [-0.05, 0) is 12.8 Å². The number of thioether (sulfide) groups is 1. The third-order valence-electron chi connectivity index (χ3n) is 1.67. The quantitative estimate of drug-likeness (QED) is 0.596. The normalized spacial score (nSPS) is 24.0. The summed E-state index contributed by atoms with van der Waals surface area (Å²) in [7, 11) is 0. The van der Waals surface area contributed by atoms with Crippen molar-refractivity contribution in [2.45, 2.75) is 12.8 Å². The van der Waals surface area contributed by atoms with E-state index >= 15 is 0 Å². The molecule has 0 radical (unpaired) electrons. The van der Waals surface area contributed by atoms with Crippen molar-refractivity contribution >= 4 is 11.8 Å². The van der Waals surface area contributed by atoms with E-state index < -0.39 is 0 Å². The summed E-state index contributed by atoms with van der Waals surface area (Å²) < 4.78 is 4.94. The van der Waals surface area contributed by atoms with E-state index in [2.05, 4.69) is 5.32 Å². The molecule has 2 aliphatic rings. The van der Waals surface area contributed by atoms with E-state index in [9.17, 15) is 0 Å². The lowest BCUT2D eigenvalue weighted by atomic mass is 10.4. The summed E-state index contributed by atoms with van der Waals surface area (Å²) in [5.74, 6) is 2.61. The number of nitrogens with one attached hydrogen (secondary N) is 1. The molecule has 0 bridgehead atoms.